The van der Waals surface area contributed by atoms with E-state index in [4.69, 9.17) is 4.98 Å². The number of nitrogens with zero attached hydrogens (tertiary/aromatic N) is 1. The molecule has 0 spiro atoms. The molecule has 26 heavy (non-hydrogen) atoms. The molecule has 5 heteroatoms. The number of aromatic nitrogens is 1. The molecule has 1 saturated heterocycles. The highest BCUT2D eigenvalue weighted by Gasteiger charge is 2.38. The Morgan fingerprint density at radius 3 is 3.00 bits per heavy atom. The van der Waals surface area contributed by atoms with Gasteiger partial charge in [0.25, 0.3) is 0 Å². The normalized spacial score (nSPS) is 24.8. The van der Waals surface area contributed by atoms with Gasteiger partial charge in [0.05, 0.1) is 10.2 Å². The van der Waals surface area contributed by atoms with Crippen molar-refractivity contribution in [3.8, 4) is 0 Å². The fourth-order valence-corrected chi connectivity index (χ4v) is 6.54. The summed E-state index contributed by atoms with van der Waals surface area (Å²) in [7, 11) is 0. The first-order valence-corrected chi connectivity index (χ1v) is 10.8. The number of piperidine rings is 1. The Morgan fingerprint density at radius 1 is 1.23 bits per heavy atom. The van der Waals surface area contributed by atoms with Gasteiger partial charge in [-0.25, -0.2) is 4.98 Å². The van der Waals surface area contributed by atoms with Gasteiger partial charge in [-0.05, 0) is 54.2 Å². The molecule has 1 N–H and O–H groups in total. The first-order chi connectivity index (χ1) is 12.7. The van der Waals surface area contributed by atoms with Crippen molar-refractivity contribution in [2.75, 3.05) is 0 Å². The molecule has 132 valence electrons. The number of thiazole rings is 1. The molecule has 3 aromatic rings. The van der Waals surface area contributed by atoms with Crippen molar-refractivity contribution in [2.24, 2.45) is 5.92 Å². The van der Waals surface area contributed by atoms with Crippen LogP contribution in [0.4, 0.5) is 0 Å². The van der Waals surface area contributed by atoms with Gasteiger partial charge in [0, 0.05) is 23.3 Å². The smallest absolute Gasteiger partial charge is 0.220 e. The first kappa shape index (κ1) is 16.3. The van der Waals surface area contributed by atoms with Crippen LogP contribution in [-0.2, 0) is 11.2 Å². The minimum Gasteiger partial charge on any atom is -0.353 e. The molecule has 0 bridgehead atoms. The van der Waals surface area contributed by atoms with Crippen LogP contribution in [0.15, 0.2) is 51.7 Å². The summed E-state index contributed by atoms with van der Waals surface area (Å²) in [5.74, 6) is 1.08. The van der Waals surface area contributed by atoms with Crippen molar-refractivity contribution in [3.05, 3.63) is 53.6 Å². The molecule has 3 unspecified atom stereocenters. The zero-order valence-electron chi connectivity index (χ0n) is 14.6. The van der Waals surface area contributed by atoms with Crippen LogP contribution in [0, 0.1) is 5.92 Å². The van der Waals surface area contributed by atoms with Crippen LogP contribution >= 0.6 is 23.1 Å². The molecule has 0 radical (unpaired) electrons. The summed E-state index contributed by atoms with van der Waals surface area (Å²) in [6.45, 7) is 2.22. The van der Waals surface area contributed by atoms with E-state index in [-0.39, 0.29) is 5.91 Å². The number of hydrogen-bond donors (Lipinski definition) is 1. The number of carbonyl (C=O) groups excluding carboxylic acids is 1. The standard InChI is InChI=1S/C21H20N2OS2/c1-12-10-19(24)22-17-9-6-13-11-14(7-8-15(13)20(12)17)25-21-23-16-4-2-3-5-18(16)26-21/h2-5,7-8,11-12,17,20H,6,9-10H2,1H3,(H,22,24). The predicted octanol–water partition coefficient (Wildman–Crippen LogP) is 5.00. The maximum absolute atomic E-state index is 11.9. The van der Waals surface area contributed by atoms with E-state index < -0.39 is 0 Å². The minimum absolute atomic E-state index is 0.213. The number of nitrogens with one attached hydrogen (secondary N) is 1. The Labute approximate surface area is 161 Å². The lowest BCUT2D eigenvalue weighted by Gasteiger charge is -2.41. The Bertz CT molecular complexity index is 964. The summed E-state index contributed by atoms with van der Waals surface area (Å²) >= 11 is 3.51. The van der Waals surface area contributed by atoms with Crippen molar-refractivity contribution in [1.82, 2.24) is 10.3 Å². The summed E-state index contributed by atoms with van der Waals surface area (Å²) in [6.07, 6.45) is 2.73. The maximum atomic E-state index is 11.9. The average molecular weight is 381 g/mol. The van der Waals surface area contributed by atoms with Crippen molar-refractivity contribution in [3.63, 3.8) is 0 Å². The Kier molecular flexibility index (Phi) is 4.02. The predicted molar refractivity (Wildman–Crippen MR) is 107 cm³/mol. The molecular weight excluding hydrogens is 360 g/mol. The first-order valence-electron chi connectivity index (χ1n) is 9.13. The molecule has 1 aliphatic heterocycles. The molecule has 2 heterocycles. The van der Waals surface area contributed by atoms with Gasteiger partial charge in [-0.1, -0.05) is 36.9 Å². The highest BCUT2D eigenvalue weighted by atomic mass is 32.2. The van der Waals surface area contributed by atoms with E-state index >= 15 is 0 Å². The van der Waals surface area contributed by atoms with Gasteiger partial charge in [0.15, 0.2) is 4.34 Å². The van der Waals surface area contributed by atoms with Crippen molar-refractivity contribution in [2.45, 2.75) is 47.4 Å². The largest absolute Gasteiger partial charge is 0.353 e. The van der Waals surface area contributed by atoms with Gasteiger partial charge in [0.2, 0.25) is 5.91 Å². The fraction of sp³-hybridized carbons (Fsp3) is 0.333. The van der Waals surface area contributed by atoms with Crippen molar-refractivity contribution < 1.29 is 4.79 Å². The van der Waals surface area contributed by atoms with Crippen molar-refractivity contribution in [1.29, 1.82) is 0 Å². The lowest BCUT2D eigenvalue weighted by atomic mass is 9.70. The third kappa shape index (κ3) is 2.83. The summed E-state index contributed by atoms with van der Waals surface area (Å²) in [6, 6.07) is 15.5. The van der Waals surface area contributed by atoms with Gasteiger partial charge < -0.3 is 5.32 Å². The number of para-hydroxylation sites is 1. The molecule has 1 aromatic heterocycles. The third-order valence-electron chi connectivity index (χ3n) is 5.58. The second-order valence-electron chi connectivity index (χ2n) is 7.33. The van der Waals surface area contributed by atoms with E-state index in [0.717, 1.165) is 22.7 Å². The molecule has 2 aromatic carbocycles. The van der Waals surface area contributed by atoms with E-state index in [0.29, 0.717) is 24.3 Å². The molecule has 1 amide bonds. The number of fused-ring (bicyclic) bond motifs is 4. The van der Waals surface area contributed by atoms with Crippen LogP contribution in [0.2, 0.25) is 0 Å². The molecule has 1 aliphatic carbocycles. The number of amides is 1. The van der Waals surface area contributed by atoms with Crippen LogP contribution in [0.5, 0.6) is 0 Å². The lowest BCUT2D eigenvalue weighted by Crippen LogP contribution is -2.49. The van der Waals surface area contributed by atoms with Crippen LogP contribution in [-0.4, -0.2) is 16.9 Å². The van der Waals surface area contributed by atoms with Crippen LogP contribution in [0.25, 0.3) is 10.2 Å². The molecule has 3 atom stereocenters. The zero-order chi connectivity index (χ0) is 17.7. The van der Waals surface area contributed by atoms with Crippen molar-refractivity contribution >= 4 is 39.2 Å². The van der Waals surface area contributed by atoms with E-state index in [9.17, 15) is 4.79 Å². The molecular formula is C21H20N2OS2. The maximum Gasteiger partial charge on any atom is 0.220 e. The Morgan fingerprint density at radius 2 is 2.12 bits per heavy atom. The number of carbonyl (C=O) groups is 1. The van der Waals surface area contributed by atoms with E-state index in [1.165, 1.54) is 20.7 Å². The number of benzene rings is 2. The minimum atomic E-state index is 0.213. The van der Waals surface area contributed by atoms with Gasteiger partial charge in [-0.3, -0.25) is 4.79 Å². The summed E-state index contributed by atoms with van der Waals surface area (Å²) in [5.41, 5.74) is 3.95. The van der Waals surface area contributed by atoms with Gasteiger partial charge in [-0.15, -0.1) is 11.3 Å². The fourth-order valence-electron chi connectivity index (χ4n) is 4.44. The van der Waals surface area contributed by atoms with Crippen LogP contribution in [0.1, 0.15) is 36.8 Å². The van der Waals surface area contributed by atoms with Crippen LogP contribution in [0.3, 0.4) is 0 Å². The highest BCUT2D eigenvalue weighted by molar-refractivity contribution is 8.01. The summed E-state index contributed by atoms with van der Waals surface area (Å²) in [4.78, 5) is 17.8. The lowest BCUT2D eigenvalue weighted by molar-refractivity contribution is -0.125. The van der Waals surface area contributed by atoms with E-state index in [1.54, 1.807) is 23.1 Å². The second kappa shape index (κ2) is 6.39. The van der Waals surface area contributed by atoms with Gasteiger partial charge in [0.1, 0.15) is 0 Å². The van der Waals surface area contributed by atoms with Crippen LogP contribution < -0.4 is 5.32 Å². The molecule has 0 saturated carbocycles. The molecule has 5 rings (SSSR count). The molecule has 3 nitrogen and oxygen atoms in total. The zero-order valence-corrected chi connectivity index (χ0v) is 16.2. The third-order valence-corrected chi connectivity index (χ3v) is 7.66. The quantitative estimate of drug-likeness (QED) is 0.680. The second-order valence-corrected chi connectivity index (χ2v) is 9.68. The molecule has 2 aliphatic rings. The van der Waals surface area contributed by atoms with Gasteiger partial charge in [-0.2, -0.15) is 0 Å². The topological polar surface area (TPSA) is 42.0 Å². The summed E-state index contributed by atoms with van der Waals surface area (Å²) in [5, 5.41) is 3.21. The number of aryl methyl sites for hydroxylation is 1. The molecule has 1 fully saturated rings. The monoisotopic (exact) mass is 380 g/mol. The van der Waals surface area contributed by atoms with E-state index in [2.05, 4.69) is 48.6 Å². The summed E-state index contributed by atoms with van der Waals surface area (Å²) < 4.78 is 2.33. The Balaban J connectivity index is 1.44. The van der Waals surface area contributed by atoms with Gasteiger partial charge >= 0.3 is 0 Å². The Hall–Kier alpha value is -1.85. The van der Waals surface area contributed by atoms with E-state index in [1.807, 2.05) is 6.07 Å². The average Bonchev–Trinajstić information content (AvgIpc) is 3.03. The highest BCUT2D eigenvalue weighted by Crippen LogP contribution is 2.43. The SMILES string of the molecule is CC1CC(=O)NC2CCc3cc(Sc4nc5ccccc5s4)ccc3C12. The number of rotatable bonds is 2. The number of hydrogen-bond acceptors (Lipinski definition) is 4.